The number of halogens is 2. The number of hydrogen-bond donors (Lipinski definition) is 2. The molecule has 0 aromatic carbocycles. The highest BCUT2D eigenvalue weighted by atomic mass is 79.9. The van der Waals surface area contributed by atoms with Gasteiger partial charge in [-0.25, -0.2) is 4.98 Å². The van der Waals surface area contributed by atoms with Crippen molar-refractivity contribution in [1.29, 1.82) is 0 Å². The molecule has 0 aliphatic heterocycles. The number of nitrogens with zero attached hydrogens (tertiary/aromatic N) is 2. The molecular formula is C11H14BrClN4O. The largest absolute Gasteiger partial charge is 0.369 e. The molecule has 18 heavy (non-hydrogen) atoms. The van der Waals surface area contributed by atoms with Crippen LogP contribution in [0.15, 0.2) is 10.7 Å². The summed E-state index contributed by atoms with van der Waals surface area (Å²) < 4.78 is 0.759. The van der Waals surface area contributed by atoms with Gasteiger partial charge in [-0.05, 0) is 46.8 Å². The van der Waals surface area contributed by atoms with Gasteiger partial charge >= 0.3 is 0 Å². The van der Waals surface area contributed by atoms with Gasteiger partial charge in [0.25, 0.3) is 0 Å². The number of rotatable bonds is 6. The Balaban J connectivity index is 1.67. The average molecular weight is 334 g/mol. The topological polar surface area (TPSA) is 66.9 Å². The summed E-state index contributed by atoms with van der Waals surface area (Å²) >= 11 is 9.02. The number of anilines is 1. The zero-order valence-electron chi connectivity index (χ0n) is 9.75. The molecule has 2 N–H and O–H groups in total. The third-order valence-corrected chi connectivity index (χ3v) is 3.29. The number of amides is 1. The molecule has 2 rings (SSSR count). The fraction of sp³-hybridized carbons (Fsp3) is 0.545. The first-order valence-electron chi connectivity index (χ1n) is 5.86. The fourth-order valence-electron chi connectivity index (χ4n) is 1.45. The first-order chi connectivity index (χ1) is 8.65. The molecule has 0 radical (unpaired) electrons. The predicted molar refractivity (Wildman–Crippen MR) is 73.6 cm³/mol. The van der Waals surface area contributed by atoms with Gasteiger partial charge in [0.2, 0.25) is 11.2 Å². The molecule has 0 atom stereocenters. The van der Waals surface area contributed by atoms with Crippen LogP contribution in [0.4, 0.5) is 5.82 Å². The first-order valence-corrected chi connectivity index (χ1v) is 7.03. The summed E-state index contributed by atoms with van der Waals surface area (Å²) in [5, 5.41) is 6.27. The molecule has 0 spiro atoms. The van der Waals surface area contributed by atoms with Crippen molar-refractivity contribution in [2.75, 3.05) is 11.9 Å². The van der Waals surface area contributed by atoms with Gasteiger partial charge in [0.1, 0.15) is 5.82 Å². The Morgan fingerprint density at radius 1 is 1.56 bits per heavy atom. The molecule has 1 saturated carbocycles. The van der Waals surface area contributed by atoms with Gasteiger partial charge in [-0.1, -0.05) is 0 Å². The zero-order chi connectivity index (χ0) is 13.0. The highest BCUT2D eigenvalue weighted by Gasteiger charge is 2.22. The van der Waals surface area contributed by atoms with E-state index < -0.39 is 0 Å². The second kappa shape index (κ2) is 6.33. The van der Waals surface area contributed by atoms with E-state index in [9.17, 15) is 4.79 Å². The molecule has 1 aliphatic carbocycles. The quantitative estimate of drug-likeness (QED) is 0.619. The lowest BCUT2D eigenvalue weighted by Gasteiger charge is -2.07. The Bertz CT molecular complexity index is 439. The summed E-state index contributed by atoms with van der Waals surface area (Å²) in [4.78, 5) is 19.3. The van der Waals surface area contributed by atoms with E-state index in [1.807, 2.05) is 0 Å². The van der Waals surface area contributed by atoms with Crippen LogP contribution in [-0.4, -0.2) is 28.5 Å². The normalized spacial score (nSPS) is 14.3. The van der Waals surface area contributed by atoms with Crippen molar-refractivity contribution in [3.8, 4) is 0 Å². The molecule has 7 heteroatoms. The highest BCUT2D eigenvalue weighted by molar-refractivity contribution is 9.10. The first kappa shape index (κ1) is 13.5. The van der Waals surface area contributed by atoms with Crippen LogP contribution in [0.2, 0.25) is 5.28 Å². The Labute approximate surface area is 119 Å². The molecule has 1 aromatic heterocycles. The van der Waals surface area contributed by atoms with Crippen molar-refractivity contribution in [3.63, 3.8) is 0 Å². The lowest BCUT2D eigenvalue weighted by Crippen LogP contribution is -2.25. The Kier molecular flexibility index (Phi) is 4.77. The monoisotopic (exact) mass is 332 g/mol. The fourth-order valence-corrected chi connectivity index (χ4v) is 1.92. The van der Waals surface area contributed by atoms with Gasteiger partial charge in [0.15, 0.2) is 0 Å². The molecule has 1 aromatic rings. The molecule has 1 amide bonds. The summed E-state index contributed by atoms with van der Waals surface area (Å²) in [5.41, 5.74) is 0. The highest BCUT2D eigenvalue weighted by Crippen LogP contribution is 2.20. The zero-order valence-corrected chi connectivity index (χ0v) is 12.1. The van der Waals surface area contributed by atoms with Crippen molar-refractivity contribution < 1.29 is 4.79 Å². The van der Waals surface area contributed by atoms with Crippen LogP contribution in [0.5, 0.6) is 0 Å². The Morgan fingerprint density at radius 3 is 3.06 bits per heavy atom. The van der Waals surface area contributed by atoms with Crippen LogP contribution in [0, 0.1) is 0 Å². The van der Waals surface area contributed by atoms with E-state index in [4.69, 9.17) is 11.6 Å². The maximum atomic E-state index is 11.4. The maximum Gasteiger partial charge on any atom is 0.224 e. The predicted octanol–water partition coefficient (Wildman–Crippen LogP) is 2.36. The molecule has 1 heterocycles. The third-order valence-electron chi connectivity index (χ3n) is 2.53. The lowest BCUT2D eigenvalue weighted by molar-refractivity contribution is -0.121. The van der Waals surface area contributed by atoms with Gasteiger partial charge in [-0.2, -0.15) is 4.98 Å². The van der Waals surface area contributed by atoms with Crippen molar-refractivity contribution in [3.05, 3.63) is 16.0 Å². The smallest absolute Gasteiger partial charge is 0.224 e. The number of aromatic nitrogens is 2. The Hall–Kier alpha value is -0.880. The van der Waals surface area contributed by atoms with E-state index in [0.29, 0.717) is 24.8 Å². The van der Waals surface area contributed by atoms with E-state index in [2.05, 4.69) is 36.5 Å². The summed E-state index contributed by atoms with van der Waals surface area (Å²) in [6, 6.07) is 0.431. The number of carbonyl (C=O) groups excluding carboxylic acids is 1. The van der Waals surface area contributed by atoms with Gasteiger partial charge in [0, 0.05) is 25.2 Å². The third kappa shape index (κ3) is 4.42. The SMILES string of the molecule is O=C(CCCNc1nc(Cl)ncc1Br)NC1CC1. The van der Waals surface area contributed by atoms with E-state index in [-0.39, 0.29) is 11.2 Å². The van der Waals surface area contributed by atoms with E-state index in [1.165, 1.54) is 0 Å². The van der Waals surface area contributed by atoms with Crippen molar-refractivity contribution in [2.24, 2.45) is 0 Å². The molecule has 0 bridgehead atoms. The minimum absolute atomic E-state index is 0.124. The standard InChI is InChI=1S/C11H14BrClN4O/c12-8-6-15-11(13)17-10(8)14-5-1-2-9(18)16-7-3-4-7/h6-7H,1-5H2,(H,16,18)(H,14,15,17). The summed E-state index contributed by atoms with van der Waals surface area (Å²) in [6.45, 7) is 0.671. The molecular weight excluding hydrogens is 320 g/mol. The Morgan fingerprint density at radius 2 is 2.33 bits per heavy atom. The molecule has 5 nitrogen and oxygen atoms in total. The van der Waals surface area contributed by atoms with Gasteiger partial charge in [-0.3, -0.25) is 4.79 Å². The van der Waals surface area contributed by atoms with Crippen molar-refractivity contribution >= 4 is 39.3 Å². The molecule has 1 aliphatic rings. The van der Waals surface area contributed by atoms with E-state index in [1.54, 1.807) is 6.20 Å². The second-order valence-corrected chi connectivity index (χ2v) is 5.40. The van der Waals surface area contributed by atoms with Crippen molar-refractivity contribution in [2.45, 2.75) is 31.7 Å². The minimum Gasteiger partial charge on any atom is -0.369 e. The summed E-state index contributed by atoms with van der Waals surface area (Å²) in [5.74, 6) is 0.775. The average Bonchev–Trinajstić information content (AvgIpc) is 3.13. The lowest BCUT2D eigenvalue weighted by atomic mass is 10.3. The number of hydrogen-bond acceptors (Lipinski definition) is 4. The van der Waals surface area contributed by atoms with Crippen LogP contribution >= 0.6 is 27.5 Å². The van der Waals surface area contributed by atoms with Crippen molar-refractivity contribution in [1.82, 2.24) is 15.3 Å². The molecule has 98 valence electrons. The van der Waals surface area contributed by atoms with Gasteiger partial charge in [0.05, 0.1) is 4.47 Å². The number of carbonyl (C=O) groups is 1. The van der Waals surface area contributed by atoms with Gasteiger partial charge < -0.3 is 10.6 Å². The van der Waals surface area contributed by atoms with Gasteiger partial charge in [-0.15, -0.1) is 0 Å². The van der Waals surface area contributed by atoms with E-state index >= 15 is 0 Å². The van der Waals surface area contributed by atoms with Crippen LogP contribution in [0.25, 0.3) is 0 Å². The minimum atomic E-state index is 0.124. The van der Waals surface area contributed by atoms with E-state index in [0.717, 1.165) is 23.7 Å². The van der Waals surface area contributed by atoms with Crippen LogP contribution in [-0.2, 0) is 4.79 Å². The second-order valence-electron chi connectivity index (χ2n) is 4.21. The molecule has 0 saturated heterocycles. The summed E-state index contributed by atoms with van der Waals surface area (Å²) in [7, 11) is 0. The summed E-state index contributed by atoms with van der Waals surface area (Å²) in [6.07, 6.45) is 5.12. The molecule has 1 fully saturated rings. The van der Waals surface area contributed by atoms with Crippen LogP contribution < -0.4 is 10.6 Å². The van der Waals surface area contributed by atoms with Crippen LogP contribution in [0.1, 0.15) is 25.7 Å². The maximum absolute atomic E-state index is 11.4. The number of nitrogens with one attached hydrogen (secondary N) is 2. The van der Waals surface area contributed by atoms with Crippen LogP contribution in [0.3, 0.4) is 0 Å². The molecule has 0 unspecified atom stereocenters.